The van der Waals surface area contributed by atoms with Crippen LogP contribution in [0.15, 0.2) is 46.9 Å². The fourth-order valence-corrected chi connectivity index (χ4v) is 3.16. The Balaban J connectivity index is 1.61. The van der Waals surface area contributed by atoms with Gasteiger partial charge in [0.25, 0.3) is 0 Å². The lowest BCUT2D eigenvalue weighted by molar-refractivity contribution is -0.122. The number of carbonyl (C=O) groups excluding carboxylic acids is 2. The predicted molar refractivity (Wildman–Crippen MR) is 98.9 cm³/mol. The topological polar surface area (TPSA) is 82.0 Å². The second kappa shape index (κ2) is 7.08. The number of carbonyl (C=O) groups is 2. The van der Waals surface area contributed by atoms with E-state index in [2.05, 4.69) is 26.6 Å². The number of anilines is 2. The molecular formula is C19H16BrN3O2. The van der Waals surface area contributed by atoms with E-state index >= 15 is 0 Å². The molecule has 1 aliphatic rings. The number of para-hydroxylation sites is 1. The van der Waals surface area contributed by atoms with Crippen LogP contribution in [0.1, 0.15) is 17.5 Å². The third-order valence-electron chi connectivity index (χ3n) is 4.22. The molecule has 0 saturated heterocycles. The van der Waals surface area contributed by atoms with Gasteiger partial charge in [0.2, 0.25) is 11.8 Å². The molecule has 25 heavy (non-hydrogen) atoms. The summed E-state index contributed by atoms with van der Waals surface area (Å²) in [4.78, 5) is 24.7. The smallest absolute Gasteiger partial charge is 0.228 e. The lowest BCUT2D eigenvalue weighted by atomic mass is 10.1. The first-order valence-electron chi connectivity index (χ1n) is 7.86. The summed E-state index contributed by atoms with van der Waals surface area (Å²) in [5.74, 6) is -1.07. The molecule has 2 N–H and O–H groups in total. The Bertz CT molecular complexity index is 888. The molecular weight excluding hydrogens is 382 g/mol. The van der Waals surface area contributed by atoms with Crippen molar-refractivity contribution in [1.82, 2.24) is 0 Å². The van der Waals surface area contributed by atoms with Crippen molar-refractivity contribution in [2.45, 2.75) is 13.3 Å². The van der Waals surface area contributed by atoms with E-state index in [4.69, 9.17) is 5.26 Å². The van der Waals surface area contributed by atoms with E-state index in [0.717, 1.165) is 15.7 Å². The van der Waals surface area contributed by atoms with Crippen molar-refractivity contribution in [3.05, 3.63) is 58.1 Å². The molecule has 2 amide bonds. The summed E-state index contributed by atoms with van der Waals surface area (Å²) in [5.41, 5.74) is 2.58. The number of nitriles is 1. The molecule has 1 fully saturated rings. The largest absolute Gasteiger partial charge is 0.326 e. The van der Waals surface area contributed by atoms with E-state index in [0.29, 0.717) is 17.7 Å². The molecule has 126 valence electrons. The number of nitrogens with zero attached hydrogens (tertiary/aromatic N) is 1. The van der Waals surface area contributed by atoms with Crippen LogP contribution in [-0.2, 0) is 9.59 Å². The molecule has 2 aromatic rings. The third kappa shape index (κ3) is 3.89. The van der Waals surface area contributed by atoms with Gasteiger partial charge in [0.05, 0.1) is 23.1 Å². The number of amides is 2. The van der Waals surface area contributed by atoms with Crippen molar-refractivity contribution in [2.24, 2.45) is 11.8 Å². The van der Waals surface area contributed by atoms with Gasteiger partial charge in [-0.2, -0.15) is 5.26 Å². The minimum Gasteiger partial charge on any atom is -0.326 e. The highest BCUT2D eigenvalue weighted by molar-refractivity contribution is 9.10. The van der Waals surface area contributed by atoms with Crippen molar-refractivity contribution in [3.63, 3.8) is 0 Å². The molecule has 2 unspecified atom stereocenters. The number of nitrogens with one attached hydrogen (secondary N) is 2. The Morgan fingerprint density at radius 2 is 1.72 bits per heavy atom. The number of rotatable bonds is 4. The summed E-state index contributed by atoms with van der Waals surface area (Å²) in [5, 5.41) is 14.7. The van der Waals surface area contributed by atoms with Crippen LogP contribution in [0, 0.1) is 30.1 Å². The Labute approximate surface area is 154 Å². The fourth-order valence-electron chi connectivity index (χ4n) is 2.68. The lowest BCUT2D eigenvalue weighted by Gasteiger charge is -2.09. The average Bonchev–Trinajstić information content (AvgIpc) is 3.39. The first-order valence-corrected chi connectivity index (χ1v) is 8.66. The third-order valence-corrected chi connectivity index (χ3v) is 4.71. The summed E-state index contributed by atoms with van der Waals surface area (Å²) in [6, 6.07) is 14.5. The monoisotopic (exact) mass is 397 g/mol. The Morgan fingerprint density at radius 1 is 1.08 bits per heavy atom. The first kappa shape index (κ1) is 17.2. The zero-order chi connectivity index (χ0) is 18.0. The van der Waals surface area contributed by atoms with E-state index < -0.39 is 0 Å². The zero-order valence-electron chi connectivity index (χ0n) is 13.5. The zero-order valence-corrected chi connectivity index (χ0v) is 15.1. The molecule has 0 aliphatic heterocycles. The molecule has 1 aliphatic carbocycles. The molecule has 0 radical (unpaired) electrons. The lowest BCUT2D eigenvalue weighted by Crippen LogP contribution is -2.21. The molecule has 0 aromatic heterocycles. The van der Waals surface area contributed by atoms with Crippen LogP contribution in [0.2, 0.25) is 0 Å². The number of hydrogen-bond acceptors (Lipinski definition) is 3. The van der Waals surface area contributed by atoms with Crippen molar-refractivity contribution in [2.75, 3.05) is 10.6 Å². The van der Waals surface area contributed by atoms with E-state index in [1.165, 1.54) is 0 Å². The quantitative estimate of drug-likeness (QED) is 0.821. The molecule has 1 saturated carbocycles. The van der Waals surface area contributed by atoms with Crippen LogP contribution in [0.4, 0.5) is 11.4 Å². The van der Waals surface area contributed by atoms with Gasteiger partial charge in [-0.3, -0.25) is 9.59 Å². The second-order valence-corrected chi connectivity index (χ2v) is 6.96. The molecule has 6 heteroatoms. The molecule has 3 rings (SSSR count). The van der Waals surface area contributed by atoms with E-state index in [1.54, 1.807) is 24.3 Å². The highest BCUT2D eigenvalue weighted by Gasteiger charge is 2.48. The summed E-state index contributed by atoms with van der Waals surface area (Å²) in [6.07, 6.45) is 0.516. The van der Waals surface area contributed by atoms with Crippen LogP contribution in [0.5, 0.6) is 0 Å². The fraction of sp³-hybridized carbons (Fsp3) is 0.211. The average molecular weight is 398 g/mol. The number of hydrogen-bond donors (Lipinski definition) is 2. The van der Waals surface area contributed by atoms with Gasteiger partial charge in [-0.25, -0.2) is 0 Å². The Kier molecular flexibility index (Phi) is 4.86. The molecule has 0 bridgehead atoms. The molecule has 0 heterocycles. The van der Waals surface area contributed by atoms with Gasteiger partial charge in [-0.15, -0.1) is 0 Å². The van der Waals surface area contributed by atoms with E-state index in [-0.39, 0.29) is 23.7 Å². The van der Waals surface area contributed by atoms with Crippen molar-refractivity contribution in [1.29, 1.82) is 5.26 Å². The Morgan fingerprint density at radius 3 is 2.36 bits per heavy atom. The predicted octanol–water partition coefficient (Wildman–Crippen LogP) is 3.84. The highest BCUT2D eigenvalue weighted by Crippen LogP contribution is 2.40. The van der Waals surface area contributed by atoms with Crippen LogP contribution in [0.3, 0.4) is 0 Å². The van der Waals surface area contributed by atoms with Gasteiger partial charge in [0.1, 0.15) is 6.07 Å². The van der Waals surface area contributed by atoms with E-state index in [1.807, 2.05) is 31.2 Å². The number of benzene rings is 2. The van der Waals surface area contributed by atoms with Gasteiger partial charge in [0, 0.05) is 10.2 Å². The minimum atomic E-state index is -0.359. The minimum absolute atomic E-state index is 0.154. The maximum Gasteiger partial charge on any atom is 0.228 e. The normalized spacial score (nSPS) is 18.1. The standard InChI is InChI=1S/C19H16BrN3O2/c1-11-8-13(20)6-7-16(11)22-18(24)14-9-15(14)19(25)23-17-5-3-2-4-12(17)10-21/h2-8,14-15H,9H2,1H3,(H,22,24)(H,23,25). The summed E-state index contributed by atoms with van der Waals surface area (Å²) in [6.45, 7) is 1.91. The van der Waals surface area contributed by atoms with Crippen LogP contribution in [0.25, 0.3) is 0 Å². The summed E-state index contributed by atoms with van der Waals surface area (Å²) in [7, 11) is 0. The van der Waals surface area contributed by atoms with Gasteiger partial charge in [-0.05, 0) is 49.2 Å². The van der Waals surface area contributed by atoms with Crippen LogP contribution >= 0.6 is 15.9 Å². The molecule has 2 atom stereocenters. The molecule has 2 aromatic carbocycles. The maximum atomic E-state index is 12.3. The first-order chi connectivity index (χ1) is 12.0. The summed E-state index contributed by atoms with van der Waals surface area (Å²) < 4.78 is 0.947. The second-order valence-electron chi connectivity index (χ2n) is 6.04. The van der Waals surface area contributed by atoms with Crippen LogP contribution < -0.4 is 10.6 Å². The van der Waals surface area contributed by atoms with Crippen molar-refractivity contribution < 1.29 is 9.59 Å². The maximum absolute atomic E-state index is 12.3. The highest BCUT2D eigenvalue weighted by atomic mass is 79.9. The number of halogens is 1. The van der Waals surface area contributed by atoms with Gasteiger partial charge in [0.15, 0.2) is 0 Å². The van der Waals surface area contributed by atoms with Crippen molar-refractivity contribution >= 4 is 39.1 Å². The van der Waals surface area contributed by atoms with Crippen molar-refractivity contribution in [3.8, 4) is 6.07 Å². The number of aryl methyl sites for hydroxylation is 1. The Hall–Kier alpha value is -2.65. The molecule has 5 nitrogen and oxygen atoms in total. The summed E-state index contributed by atoms with van der Waals surface area (Å²) >= 11 is 3.39. The molecule has 0 spiro atoms. The van der Waals surface area contributed by atoms with Gasteiger partial charge in [-0.1, -0.05) is 28.1 Å². The van der Waals surface area contributed by atoms with Crippen LogP contribution in [-0.4, -0.2) is 11.8 Å². The van der Waals surface area contributed by atoms with Gasteiger partial charge >= 0.3 is 0 Å². The van der Waals surface area contributed by atoms with E-state index in [9.17, 15) is 9.59 Å². The SMILES string of the molecule is Cc1cc(Br)ccc1NC(=O)C1CC1C(=O)Nc1ccccc1C#N. The van der Waals surface area contributed by atoms with Gasteiger partial charge < -0.3 is 10.6 Å².